The molecule has 1 unspecified atom stereocenters. The molecule has 128 valence electrons. The number of aryl methyl sites for hydroxylation is 1. The van der Waals surface area contributed by atoms with Gasteiger partial charge in [0.15, 0.2) is 11.5 Å². The summed E-state index contributed by atoms with van der Waals surface area (Å²) in [5.41, 5.74) is 2.09. The number of carbonyl (C=O) groups is 2. The van der Waals surface area contributed by atoms with Crippen molar-refractivity contribution in [2.24, 2.45) is 0 Å². The molecule has 0 saturated heterocycles. The van der Waals surface area contributed by atoms with Crippen LogP contribution in [0.15, 0.2) is 16.0 Å². The van der Waals surface area contributed by atoms with Crippen LogP contribution in [0.3, 0.4) is 0 Å². The Labute approximate surface area is 147 Å². The number of nitrogens with one attached hydrogen (secondary N) is 1. The summed E-state index contributed by atoms with van der Waals surface area (Å²) in [6.45, 7) is 0. The molecule has 0 bridgehead atoms. The Hall–Kier alpha value is -1.80. The predicted molar refractivity (Wildman–Crippen MR) is 93.5 cm³/mol. The molecule has 8 heteroatoms. The minimum atomic E-state index is -0.678. The van der Waals surface area contributed by atoms with Crippen LogP contribution < -0.4 is 5.32 Å². The Morgan fingerprint density at radius 2 is 2.33 bits per heavy atom. The number of amides is 1. The molecule has 24 heavy (non-hydrogen) atoms. The number of thiophene rings is 1. The molecule has 3 rings (SSSR count). The summed E-state index contributed by atoms with van der Waals surface area (Å²) < 4.78 is 10.2. The number of nitrogens with zero attached hydrogens (tertiary/aromatic N) is 1. The Bertz CT molecular complexity index is 753. The first-order valence-corrected chi connectivity index (χ1v) is 9.86. The second-order valence-electron chi connectivity index (χ2n) is 5.43. The van der Waals surface area contributed by atoms with Gasteiger partial charge in [-0.15, -0.1) is 11.3 Å². The standard InChI is InChI=1S/C16H18N2O4S2/c1-21-16(20)11(6-7-23-2)17-15(19)13-10-3-4-12-9(5-8-24-12)14(10)22-18-13/h5,8,11H,3-4,6-7H2,1-2H3,(H,17,19). The van der Waals surface area contributed by atoms with Gasteiger partial charge in [0.2, 0.25) is 0 Å². The number of methoxy groups -OCH3 is 1. The summed E-state index contributed by atoms with van der Waals surface area (Å²) in [6.07, 6.45) is 4.04. The second-order valence-corrected chi connectivity index (χ2v) is 7.41. The minimum absolute atomic E-state index is 0.264. The Balaban J connectivity index is 1.80. The van der Waals surface area contributed by atoms with Crippen molar-refractivity contribution >= 4 is 35.0 Å². The molecule has 6 nitrogen and oxygen atoms in total. The molecule has 1 amide bonds. The van der Waals surface area contributed by atoms with Crippen LogP contribution in [0.4, 0.5) is 0 Å². The largest absolute Gasteiger partial charge is 0.467 e. The van der Waals surface area contributed by atoms with Gasteiger partial charge in [0.25, 0.3) is 5.91 Å². The van der Waals surface area contributed by atoms with E-state index in [9.17, 15) is 9.59 Å². The summed E-state index contributed by atoms with van der Waals surface area (Å²) in [4.78, 5) is 25.7. The SMILES string of the molecule is COC(=O)C(CCSC)NC(=O)c1noc2c1CCc1sccc1-2. The van der Waals surface area contributed by atoms with E-state index in [1.165, 1.54) is 12.0 Å². The van der Waals surface area contributed by atoms with E-state index in [4.69, 9.17) is 9.26 Å². The van der Waals surface area contributed by atoms with E-state index < -0.39 is 17.9 Å². The van der Waals surface area contributed by atoms with Crippen molar-refractivity contribution in [2.75, 3.05) is 19.1 Å². The van der Waals surface area contributed by atoms with Gasteiger partial charge < -0.3 is 14.6 Å². The molecule has 1 aliphatic carbocycles. The number of carbonyl (C=O) groups excluding carboxylic acids is 2. The highest BCUT2D eigenvalue weighted by atomic mass is 32.2. The third kappa shape index (κ3) is 3.21. The van der Waals surface area contributed by atoms with Crippen molar-refractivity contribution in [3.8, 4) is 11.3 Å². The van der Waals surface area contributed by atoms with Crippen molar-refractivity contribution < 1.29 is 18.8 Å². The predicted octanol–water partition coefficient (Wildman–Crippen LogP) is 2.53. The quantitative estimate of drug-likeness (QED) is 0.791. The van der Waals surface area contributed by atoms with Crippen molar-refractivity contribution in [2.45, 2.75) is 25.3 Å². The molecule has 2 heterocycles. The molecule has 0 saturated carbocycles. The molecule has 0 spiro atoms. The maximum Gasteiger partial charge on any atom is 0.328 e. The van der Waals surface area contributed by atoms with Gasteiger partial charge in [-0.3, -0.25) is 4.79 Å². The van der Waals surface area contributed by atoms with Crippen LogP contribution >= 0.6 is 23.1 Å². The zero-order valence-electron chi connectivity index (χ0n) is 13.5. The zero-order chi connectivity index (χ0) is 17.1. The first-order valence-electron chi connectivity index (χ1n) is 7.58. The molecular formula is C16H18N2O4S2. The molecule has 0 radical (unpaired) electrons. The molecule has 2 aromatic heterocycles. The van der Waals surface area contributed by atoms with Crippen LogP contribution in [0.5, 0.6) is 0 Å². The highest BCUT2D eigenvalue weighted by Gasteiger charge is 2.30. The van der Waals surface area contributed by atoms with Crippen LogP contribution in [-0.4, -0.2) is 42.2 Å². The van der Waals surface area contributed by atoms with Crippen LogP contribution in [0, 0.1) is 0 Å². The molecule has 1 N–H and O–H groups in total. The van der Waals surface area contributed by atoms with Gasteiger partial charge >= 0.3 is 5.97 Å². The lowest BCUT2D eigenvalue weighted by atomic mass is 9.95. The number of esters is 1. The van der Waals surface area contributed by atoms with E-state index in [2.05, 4.69) is 10.5 Å². The van der Waals surface area contributed by atoms with Crippen molar-refractivity contribution in [3.63, 3.8) is 0 Å². The lowest BCUT2D eigenvalue weighted by Gasteiger charge is -2.16. The number of aromatic nitrogens is 1. The lowest BCUT2D eigenvalue weighted by Crippen LogP contribution is -2.42. The van der Waals surface area contributed by atoms with Gasteiger partial charge in [0.1, 0.15) is 6.04 Å². The molecule has 0 aromatic carbocycles. The average molecular weight is 366 g/mol. The van der Waals surface area contributed by atoms with Gasteiger partial charge in [-0.1, -0.05) is 5.16 Å². The molecule has 0 fully saturated rings. The molecular weight excluding hydrogens is 348 g/mol. The van der Waals surface area contributed by atoms with Gasteiger partial charge in [-0.25, -0.2) is 4.79 Å². The monoisotopic (exact) mass is 366 g/mol. The number of hydrogen-bond acceptors (Lipinski definition) is 7. The lowest BCUT2D eigenvalue weighted by molar-refractivity contribution is -0.142. The first-order chi connectivity index (χ1) is 11.7. The van der Waals surface area contributed by atoms with Crippen molar-refractivity contribution in [3.05, 3.63) is 27.6 Å². The van der Waals surface area contributed by atoms with E-state index in [-0.39, 0.29) is 5.69 Å². The number of rotatable bonds is 6. The number of fused-ring (bicyclic) bond motifs is 3. The summed E-state index contributed by atoms with van der Waals surface area (Å²) in [7, 11) is 1.32. The summed E-state index contributed by atoms with van der Waals surface area (Å²) in [5, 5.41) is 8.69. The third-order valence-corrected chi connectivity index (χ3v) is 5.62. The fourth-order valence-electron chi connectivity index (χ4n) is 2.76. The number of thioether (sulfide) groups is 1. The fraction of sp³-hybridized carbons (Fsp3) is 0.438. The van der Waals surface area contributed by atoms with Crippen LogP contribution in [0.1, 0.15) is 27.3 Å². The van der Waals surface area contributed by atoms with Crippen LogP contribution in [0.2, 0.25) is 0 Å². The normalized spacial score (nSPS) is 13.8. The Kier molecular flexibility index (Phi) is 5.25. The summed E-state index contributed by atoms with van der Waals surface area (Å²) in [5.74, 6) is 0.571. The highest BCUT2D eigenvalue weighted by molar-refractivity contribution is 7.98. The van der Waals surface area contributed by atoms with Crippen molar-refractivity contribution in [1.29, 1.82) is 0 Å². The van der Waals surface area contributed by atoms with Crippen molar-refractivity contribution in [1.82, 2.24) is 10.5 Å². The second kappa shape index (κ2) is 7.40. The van der Waals surface area contributed by atoms with E-state index in [0.29, 0.717) is 18.6 Å². The molecule has 1 aliphatic rings. The van der Waals surface area contributed by atoms with Crippen LogP contribution in [0.25, 0.3) is 11.3 Å². The van der Waals surface area contributed by atoms with Gasteiger partial charge in [-0.2, -0.15) is 11.8 Å². The van der Waals surface area contributed by atoms with E-state index in [1.807, 2.05) is 17.7 Å². The van der Waals surface area contributed by atoms with Gasteiger partial charge in [-0.05, 0) is 42.7 Å². The molecule has 0 aliphatic heterocycles. The number of ether oxygens (including phenoxy) is 1. The number of hydrogen-bond donors (Lipinski definition) is 1. The van der Waals surface area contributed by atoms with Gasteiger partial charge in [0.05, 0.1) is 7.11 Å². The minimum Gasteiger partial charge on any atom is -0.467 e. The highest BCUT2D eigenvalue weighted by Crippen LogP contribution is 2.38. The fourth-order valence-corrected chi connectivity index (χ4v) is 4.11. The summed E-state index contributed by atoms with van der Waals surface area (Å²) in [6, 6.07) is 1.31. The van der Waals surface area contributed by atoms with E-state index >= 15 is 0 Å². The van der Waals surface area contributed by atoms with E-state index in [1.54, 1.807) is 23.1 Å². The maximum atomic E-state index is 12.6. The first kappa shape index (κ1) is 17.0. The summed E-state index contributed by atoms with van der Waals surface area (Å²) >= 11 is 3.29. The zero-order valence-corrected chi connectivity index (χ0v) is 15.1. The third-order valence-electron chi connectivity index (χ3n) is 4.00. The smallest absolute Gasteiger partial charge is 0.328 e. The Morgan fingerprint density at radius 1 is 1.50 bits per heavy atom. The van der Waals surface area contributed by atoms with Gasteiger partial charge in [0, 0.05) is 16.0 Å². The molecule has 1 atom stereocenters. The average Bonchev–Trinajstić information content (AvgIpc) is 3.23. The molecule has 2 aromatic rings. The maximum absolute atomic E-state index is 12.6. The Morgan fingerprint density at radius 3 is 3.08 bits per heavy atom. The van der Waals surface area contributed by atoms with E-state index in [0.717, 1.165) is 23.3 Å². The van der Waals surface area contributed by atoms with Crippen LogP contribution in [-0.2, 0) is 22.4 Å². The topological polar surface area (TPSA) is 81.4 Å².